The fourth-order valence-corrected chi connectivity index (χ4v) is 12.2. The lowest BCUT2D eigenvalue weighted by Gasteiger charge is -2.38. The van der Waals surface area contributed by atoms with Gasteiger partial charge in [-0.1, -0.05) is 208 Å². The quantitative estimate of drug-likeness (QED) is 0.0482. The summed E-state index contributed by atoms with van der Waals surface area (Å²) in [7, 11) is -0.656. The average molecular weight is 967 g/mol. The second-order valence-corrected chi connectivity index (χ2v) is 23.7. The van der Waals surface area contributed by atoms with Crippen LogP contribution in [-0.2, 0) is 29.0 Å². The maximum Gasteiger partial charge on any atom is 0.305 e. The molecule has 9 heteroatoms. The van der Waals surface area contributed by atoms with Gasteiger partial charge in [0.25, 0.3) is 0 Å². The summed E-state index contributed by atoms with van der Waals surface area (Å²) in [5.41, 5.74) is 0. The number of hydrogen-bond donors (Lipinski definition) is 1. The Morgan fingerprint density at radius 2 is 0.851 bits per heavy atom. The number of carbonyl (C=O) groups excluding carboxylic acids is 2. The molecule has 1 aliphatic heterocycles. The summed E-state index contributed by atoms with van der Waals surface area (Å²) in [6.07, 6.45) is 45.0. The molecule has 1 fully saturated rings. The lowest BCUT2D eigenvalue weighted by molar-refractivity contribution is -0.146. The van der Waals surface area contributed by atoms with Crippen LogP contribution in [0.1, 0.15) is 291 Å². The van der Waals surface area contributed by atoms with Crippen LogP contribution >= 0.6 is 0 Å². The molecule has 3 unspecified atom stereocenters. The van der Waals surface area contributed by atoms with E-state index in [4.69, 9.17) is 9.47 Å². The number of nitrogens with one attached hydrogen (secondary N) is 1. The molecular weight excluding hydrogens is 851 g/mol. The zero-order valence-corrected chi connectivity index (χ0v) is 46.5. The van der Waals surface area contributed by atoms with Gasteiger partial charge in [-0.25, -0.2) is 13.3 Å². The number of unbranched alkanes of at least 4 members (excludes halogenated alkanes) is 23. The number of carbonyl (C=O) groups is 2. The Labute approximate surface area is 418 Å². The topological polar surface area (TPSA) is 100 Å². The van der Waals surface area contributed by atoms with E-state index in [1.165, 1.54) is 128 Å². The summed E-state index contributed by atoms with van der Waals surface area (Å²) < 4.78 is 37.9. The Hall–Kier alpha value is -1.19. The number of rotatable bonds is 49. The Morgan fingerprint density at radius 3 is 1.28 bits per heavy atom. The summed E-state index contributed by atoms with van der Waals surface area (Å²) >= 11 is 0. The molecule has 0 amide bonds. The Morgan fingerprint density at radius 1 is 0.507 bits per heavy atom. The lowest BCUT2D eigenvalue weighted by atomic mass is 9.95. The van der Waals surface area contributed by atoms with Gasteiger partial charge in [-0.3, -0.25) is 9.59 Å². The van der Waals surface area contributed by atoms with Crippen LogP contribution in [0.25, 0.3) is 0 Å². The van der Waals surface area contributed by atoms with Crippen molar-refractivity contribution in [3.8, 4) is 0 Å². The standard InChI is InChI=1S/C58H115N3O5S/c1-7-12-17-20-29-36-49-67(59,64)61(50-53-45-47-60(6)48-46-53)56(41-32-25-21-23-27-34-43-57(62)65-51-54(37-15-10-4)39-30-18-13-8-2)42-33-26-22-24-28-35-44-58(63)66-52-55(38-16-11-5)40-31-19-14-9-3/h53-56,59H,7-52H2,1-6H3. The van der Waals surface area contributed by atoms with Gasteiger partial charge in [-0.2, -0.15) is 0 Å². The molecule has 0 aromatic heterocycles. The molecule has 1 rings (SSSR count). The van der Waals surface area contributed by atoms with E-state index in [0.717, 1.165) is 135 Å². The number of nitrogens with zero attached hydrogens (tertiary/aromatic N) is 2. The first-order chi connectivity index (χ1) is 32.6. The van der Waals surface area contributed by atoms with Crippen molar-refractivity contribution >= 4 is 21.9 Å². The molecule has 1 aliphatic rings. The van der Waals surface area contributed by atoms with Crippen LogP contribution in [0.3, 0.4) is 0 Å². The van der Waals surface area contributed by atoms with Crippen LogP contribution in [0.5, 0.6) is 0 Å². The van der Waals surface area contributed by atoms with Crippen LogP contribution in [0.2, 0.25) is 0 Å². The predicted molar refractivity (Wildman–Crippen MR) is 289 cm³/mol. The maximum absolute atomic E-state index is 14.6. The minimum atomic E-state index is -2.87. The van der Waals surface area contributed by atoms with E-state index in [1.54, 1.807) is 0 Å². The number of hydrogen-bond acceptors (Lipinski definition) is 7. The van der Waals surface area contributed by atoms with E-state index in [-0.39, 0.29) is 18.0 Å². The smallest absolute Gasteiger partial charge is 0.305 e. The van der Waals surface area contributed by atoms with Gasteiger partial charge >= 0.3 is 11.9 Å². The minimum Gasteiger partial charge on any atom is -0.465 e. The SMILES string of the molecule is CCCCCCCCS(=N)(=O)N(CC1CCN(C)CC1)C(CCCCCCCCC(=O)OCC(CCCC)CCCCCC)CCCCCCCCC(=O)OCC(CCCC)CCCCCC. The summed E-state index contributed by atoms with van der Waals surface area (Å²) in [5, 5.41) is 0. The zero-order valence-electron chi connectivity index (χ0n) is 45.7. The zero-order chi connectivity index (χ0) is 49.1. The highest BCUT2D eigenvalue weighted by Crippen LogP contribution is 2.28. The van der Waals surface area contributed by atoms with E-state index in [1.807, 2.05) is 0 Å². The van der Waals surface area contributed by atoms with Crippen LogP contribution in [0.4, 0.5) is 0 Å². The van der Waals surface area contributed by atoms with Crippen molar-refractivity contribution in [1.82, 2.24) is 9.21 Å². The maximum atomic E-state index is 14.6. The highest BCUT2D eigenvalue weighted by molar-refractivity contribution is 7.90. The van der Waals surface area contributed by atoms with E-state index in [0.29, 0.717) is 49.6 Å². The highest BCUT2D eigenvalue weighted by atomic mass is 32.2. The minimum absolute atomic E-state index is 0.0166. The molecule has 0 aromatic carbocycles. The molecule has 3 atom stereocenters. The molecule has 67 heavy (non-hydrogen) atoms. The van der Waals surface area contributed by atoms with Gasteiger partial charge < -0.3 is 14.4 Å². The van der Waals surface area contributed by atoms with E-state index in [2.05, 4.69) is 50.9 Å². The molecule has 0 radical (unpaired) electrons. The van der Waals surface area contributed by atoms with Gasteiger partial charge in [0.05, 0.1) is 13.2 Å². The van der Waals surface area contributed by atoms with Gasteiger partial charge in [0.2, 0.25) is 0 Å². The second kappa shape index (κ2) is 44.7. The predicted octanol–water partition coefficient (Wildman–Crippen LogP) is 17.2. The van der Waals surface area contributed by atoms with Gasteiger partial charge in [0.15, 0.2) is 0 Å². The van der Waals surface area contributed by atoms with E-state index >= 15 is 0 Å². The van der Waals surface area contributed by atoms with Gasteiger partial charge in [0.1, 0.15) is 9.92 Å². The van der Waals surface area contributed by atoms with Gasteiger partial charge in [0, 0.05) is 31.2 Å². The highest BCUT2D eigenvalue weighted by Gasteiger charge is 2.30. The number of ether oxygens (including phenoxy) is 2. The molecule has 0 aromatic rings. The average Bonchev–Trinajstić information content (AvgIpc) is 3.32. The first-order valence-electron chi connectivity index (χ1n) is 29.6. The fourth-order valence-electron chi connectivity index (χ4n) is 10.2. The van der Waals surface area contributed by atoms with Gasteiger partial charge in [-0.15, -0.1) is 0 Å². The monoisotopic (exact) mass is 966 g/mol. The Bertz CT molecular complexity index is 1170. The molecule has 1 saturated heterocycles. The molecule has 0 saturated carbocycles. The van der Waals surface area contributed by atoms with E-state index < -0.39 is 9.92 Å². The van der Waals surface area contributed by atoms with Crippen molar-refractivity contribution in [3.63, 3.8) is 0 Å². The summed E-state index contributed by atoms with van der Waals surface area (Å²) in [6.45, 7) is 15.4. The second-order valence-electron chi connectivity index (χ2n) is 21.5. The number of likely N-dealkylation sites (tertiary alicyclic amines) is 1. The molecule has 398 valence electrons. The largest absolute Gasteiger partial charge is 0.465 e. The third-order valence-electron chi connectivity index (χ3n) is 15.0. The van der Waals surface area contributed by atoms with Gasteiger partial charge in [-0.05, 0) is 109 Å². The molecule has 1 heterocycles. The summed E-state index contributed by atoms with van der Waals surface area (Å²) in [5.74, 6) is 2.01. The first-order valence-corrected chi connectivity index (χ1v) is 31.3. The molecule has 0 aliphatic carbocycles. The van der Waals surface area contributed by atoms with Crippen LogP contribution in [0, 0.1) is 22.5 Å². The van der Waals surface area contributed by atoms with Crippen LogP contribution < -0.4 is 0 Å². The molecular formula is C58H115N3O5S. The van der Waals surface area contributed by atoms with Crippen molar-refractivity contribution in [3.05, 3.63) is 0 Å². The van der Waals surface area contributed by atoms with Crippen LogP contribution in [0.15, 0.2) is 0 Å². The summed E-state index contributed by atoms with van der Waals surface area (Å²) in [6, 6.07) is 0.190. The van der Waals surface area contributed by atoms with Crippen molar-refractivity contribution < 1.29 is 23.3 Å². The Kier molecular flexibility index (Phi) is 42.6. The molecule has 0 bridgehead atoms. The first kappa shape index (κ1) is 63.8. The molecule has 0 spiro atoms. The number of esters is 2. The number of piperidine rings is 1. The molecule has 8 nitrogen and oxygen atoms in total. The van der Waals surface area contributed by atoms with Crippen molar-refractivity contribution in [1.29, 1.82) is 4.78 Å². The lowest BCUT2D eigenvalue weighted by Crippen LogP contribution is -2.45. The van der Waals surface area contributed by atoms with Crippen LogP contribution in [-0.4, -0.2) is 77.0 Å². The summed E-state index contributed by atoms with van der Waals surface area (Å²) in [4.78, 5) is 27.7. The van der Waals surface area contributed by atoms with E-state index in [9.17, 15) is 18.6 Å². The third kappa shape index (κ3) is 36.4. The normalized spacial score (nSPS) is 16.0. The molecule has 1 N–H and O–H groups in total. The Balaban J connectivity index is 2.72. The fraction of sp³-hybridized carbons (Fsp3) is 0.966. The third-order valence-corrected chi connectivity index (χ3v) is 17.0. The van der Waals surface area contributed by atoms with Crippen molar-refractivity contribution in [2.45, 2.75) is 297 Å². The van der Waals surface area contributed by atoms with Crippen molar-refractivity contribution in [2.24, 2.45) is 17.8 Å². The van der Waals surface area contributed by atoms with Crippen molar-refractivity contribution in [2.75, 3.05) is 45.6 Å².